The van der Waals surface area contributed by atoms with Crippen LogP contribution in [0, 0.1) is 0 Å². The van der Waals surface area contributed by atoms with Crippen molar-refractivity contribution in [2.75, 3.05) is 12.4 Å². The number of nitrogens with zero attached hydrogens (tertiary/aromatic N) is 1. The number of imide groups is 1. The van der Waals surface area contributed by atoms with Gasteiger partial charge in [0.25, 0.3) is 17.7 Å². The number of carbonyl (C=O) groups excluding carboxylic acids is 3. The Morgan fingerprint density at radius 3 is 2.46 bits per heavy atom. The molecule has 6 nitrogen and oxygen atoms in total. The maximum Gasteiger partial charge on any atom is 0.265 e. The number of rotatable bonds is 4. The molecule has 0 radical (unpaired) electrons. The number of anilines is 1. The predicted octanol–water partition coefficient (Wildman–Crippen LogP) is 3.63. The van der Waals surface area contributed by atoms with E-state index >= 15 is 0 Å². The van der Waals surface area contributed by atoms with Crippen molar-refractivity contribution in [3.8, 4) is 5.75 Å². The van der Waals surface area contributed by atoms with Gasteiger partial charge in [-0.05, 0) is 43.3 Å². The van der Waals surface area contributed by atoms with Gasteiger partial charge in [0.15, 0.2) is 6.10 Å². The van der Waals surface area contributed by atoms with Crippen molar-refractivity contribution in [3.05, 3.63) is 57.6 Å². The summed E-state index contributed by atoms with van der Waals surface area (Å²) in [6, 6.07) is 9.23. The average molecular weight is 393 g/mol. The van der Waals surface area contributed by atoms with Crippen LogP contribution < -0.4 is 10.1 Å². The van der Waals surface area contributed by atoms with Crippen molar-refractivity contribution in [1.82, 2.24) is 4.90 Å². The number of halogens is 2. The lowest BCUT2D eigenvalue weighted by Crippen LogP contribution is -2.30. The zero-order valence-corrected chi connectivity index (χ0v) is 15.4. The Morgan fingerprint density at radius 2 is 1.77 bits per heavy atom. The van der Waals surface area contributed by atoms with Gasteiger partial charge in [-0.1, -0.05) is 23.2 Å². The van der Waals surface area contributed by atoms with Crippen LogP contribution in [0.25, 0.3) is 0 Å². The van der Waals surface area contributed by atoms with E-state index in [1.807, 2.05) is 0 Å². The summed E-state index contributed by atoms with van der Waals surface area (Å²) in [5.74, 6) is -0.869. The van der Waals surface area contributed by atoms with E-state index in [9.17, 15) is 14.4 Å². The lowest BCUT2D eigenvalue weighted by atomic mass is 10.1. The SMILES string of the molecule is C[C@H](Oc1ccc(Cl)cc1Cl)C(=O)Nc1ccc2c(c1)C(=O)N(C)C2=O. The lowest BCUT2D eigenvalue weighted by Gasteiger charge is -2.16. The number of ether oxygens (including phenoxy) is 1. The Balaban J connectivity index is 1.72. The van der Waals surface area contributed by atoms with Crippen molar-refractivity contribution in [2.24, 2.45) is 0 Å². The van der Waals surface area contributed by atoms with Crippen LogP contribution >= 0.6 is 23.2 Å². The third kappa shape index (κ3) is 3.38. The molecule has 0 unspecified atom stereocenters. The van der Waals surface area contributed by atoms with Crippen LogP contribution in [0.2, 0.25) is 10.0 Å². The van der Waals surface area contributed by atoms with E-state index in [4.69, 9.17) is 27.9 Å². The second kappa shape index (κ2) is 6.97. The monoisotopic (exact) mass is 392 g/mol. The number of hydrogen-bond acceptors (Lipinski definition) is 4. The highest BCUT2D eigenvalue weighted by Gasteiger charge is 2.32. The molecule has 0 fully saturated rings. The van der Waals surface area contributed by atoms with Crippen LogP contribution in [-0.2, 0) is 4.79 Å². The standard InChI is InChI=1S/C18H14Cl2N2O4/c1-9(26-15-6-3-10(19)7-14(15)20)16(23)21-11-4-5-12-13(8-11)18(25)22(2)17(12)24/h3-9H,1-2H3,(H,21,23)/t9-/m0/s1. The minimum absolute atomic E-state index is 0.254. The van der Waals surface area contributed by atoms with Crippen molar-refractivity contribution in [1.29, 1.82) is 0 Å². The first-order chi connectivity index (χ1) is 12.3. The quantitative estimate of drug-likeness (QED) is 0.806. The van der Waals surface area contributed by atoms with E-state index in [1.165, 1.54) is 25.2 Å². The van der Waals surface area contributed by atoms with Gasteiger partial charge in [-0.15, -0.1) is 0 Å². The topological polar surface area (TPSA) is 75.7 Å². The molecular formula is C18H14Cl2N2O4. The highest BCUT2D eigenvalue weighted by molar-refractivity contribution is 6.35. The molecule has 1 atom stereocenters. The predicted molar refractivity (Wildman–Crippen MR) is 98.0 cm³/mol. The Hall–Kier alpha value is -2.57. The van der Waals surface area contributed by atoms with E-state index in [2.05, 4.69) is 5.32 Å². The number of hydrogen-bond donors (Lipinski definition) is 1. The zero-order chi connectivity index (χ0) is 19.0. The Labute approximate surface area is 159 Å². The van der Waals surface area contributed by atoms with Crippen molar-refractivity contribution in [2.45, 2.75) is 13.0 Å². The molecule has 1 N–H and O–H groups in total. The van der Waals surface area contributed by atoms with Gasteiger partial charge in [-0.25, -0.2) is 0 Å². The lowest BCUT2D eigenvalue weighted by molar-refractivity contribution is -0.122. The summed E-state index contributed by atoms with van der Waals surface area (Å²) in [5, 5.41) is 3.41. The number of benzene rings is 2. The number of nitrogens with one attached hydrogen (secondary N) is 1. The maximum absolute atomic E-state index is 12.3. The molecular weight excluding hydrogens is 379 g/mol. The largest absolute Gasteiger partial charge is 0.479 e. The van der Waals surface area contributed by atoms with Crippen LogP contribution in [0.5, 0.6) is 5.75 Å². The van der Waals surface area contributed by atoms with Gasteiger partial charge < -0.3 is 10.1 Å². The van der Waals surface area contributed by atoms with E-state index in [0.717, 1.165) is 4.90 Å². The minimum Gasteiger partial charge on any atom is -0.479 e. The molecule has 0 aromatic heterocycles. The molecule has 1 aliphatic heterocycles. The molecule has 2 aromatic carbocycles. The first-order valence-electron chi connectivity index (χ1n) is 7.67. The molecule has 0 spiro atoms. The molecule has 3 rings (SSSR count). The highest BCUT2D eigenvalue weighted by Crippen LogP contribution is 2.29. The second-order valence-electron chi connectivity index (χ2n) is 5.75. The maximum atomic E-state index is 12.3. The van der Waals surface area contributed by atoms with Gasteiger partial charge in [0.2, 0.25) is 0 Å². The Kier molecular flexibility index (Phi) is 4.89. The van der Waals surface area contributed by atoms with Crippen LogP contribution in [0.4, 0.5) is 5.69 Å². The fraction of sp³-hybridized carbons (Fsp3) is 0.167. The minimum atomic E-state index is -0.845. The molecule has 1 aliphatic rings. The van der Waals surface area contributed by atoms with Gasteiger partial charge in [-0.2, -0.15) is 0 Å². The molecule has 0 saturated heterocycles. The van der Waals surface area contributed by atoms with Gasteiger partial charge in [0.1, 0.15) is 5.75 Å². The van der Waals surface area contributed by atoms with Crippen LogP contribution in [0.3, 0.4) is 0 Å². The third-order valence-electron chi connectivity index (χ3n) is 3.92. The van der Waals surface area contributed by atoms with Crippen molar-refractivity contribution in [3.63, 3.8) is 0 Å². The fourth-order valence-corrected chi connectivity index (χ4v) is 2.95. The molecule has 0 saturated carbocycles. The molecule has 0 bridgehead atoms. The molecule has 1 heterocycles. The van der Waals surface area contributed by atoms with E-state index in [-0.39, 0.29) is 11.5 Å². The summed E-state index contributed by atoms with van der Waals surface area (Å²) < 4.78 is 5.55. The summed E-state index contributed by atoms with van der Waals surface area (Å²) in [6.07, 6.45) is -0.845. The molecule has 8 heteroatoms. The molecule has 0 aliphatic carbocycles. The van der Waals surface area contributed by atoms with Crippen molar-refractivity contribution < 1.29 is 19.1 Å². The summed E-state index contributed by atoms with van der Waals surface area (Å²) in [7, 11) is 1.41. The Bertz CT molecular complexity index is 929. The Morgan fingerprint density at radius 1 is 1.08 bits per heavy atom. The number of fused-ring (bicyclic) bond motifs is 1. The number of carbonyl (C=O) groups is 3. The zero-order valence-electron chi connectivity index (χ0n) is 13.9. The van der Waals surface area contributed by atoms with Crippen LogP contribution in [0.1, 0.15) is 27.6 Å². The van der Waals surface area contributed by atoms with E-state index in [1.54, 1.807) is 25.1 Å². The molecule has 2 aromatic rings. The normalized spacial score (nSPS) is 14.2. The van der Waals surface area contributed by atoms with E-state index in [0.29, 0.717) is 27.0 Å². The van der Waals surface area contributed by atoms with Crippen molar-refractivity contribution >= 4 is 46.6 Å². The van der Waals surface area contributed by atoms with Gasteiger partial charge >= 0.3 is 0 Å². The third-order valence-corrected chi connectivity index (χ3v) is 4.45. The number of amides is 3. The molecule has 26 heavy (non-hydrogen) atoms. The smallest absolute Gasteiger partial charge is 0.265 e. The summed E-state index contributed by atoms with van der Waals surface area (Å²) in [4.78, 5) is 37.3. The van der Waals surface area contributed by atoms with Gasteiger partial charge in [0.05, 0.1) is 16.1 Å². The summed E-state index contributed by atoms with van der Waals surface area (Å²) >= 11 is 11.9. The first-order valence-corrected chi connectivity index (χ1v) is 8.42. The van der Waals surface area contributed by atoms with E-state index < -0.39 is 17.9 Å². The second-order valence-corrected chi connectivity index (χ2v) is 6.60. The average Bonchev–Trinajstić information content (AvgIpc) is 2.81. The van der Waals surface area contributed by atoms with Crippen LogP contribution in [-0.4, -0.2) is 35.8 Å². The highest BCUT2D eigenvalue weighted by atomic mass is 35.5. The van der Waals surface area contributed by atoms with Crippen LogP contribution in [0.15, 0.2) is 36.4 Å². The fourth-order valence-electron chi connectivity index (χ4n) is 2.50. The summed E-state index contributed by atoms with van der Waals surface area (Å²) in [5.41, 5.74) is 0.959. The summed E-state index contributed by atoms with van der Waals surface area (Å²) in [6.45, 7) is 1.57. The first kappa shape index (κ1) is 18.2. The van der Waals surface area contributed by atoms with Gasteiger partial charge in [0, 0.05) is 17.8 Å². The molecule has 134 valence electrons. The molecule has 3 amide bonds. The van der Waals surface area contributed by atoms with Gasteiger partial charge in [-0.3, -0.25) is 19.3 Å².